The second-order valence-electron chi connectivity index (χ2n) is 5.58. The summed E-state index contributed by atoms with van der Waals surface area (Å²) in [5.74, 6) is 1.43. The van der Waals surface area contributed by atoms with Gasteiger partial charge in [-0.05, 0) is 36.1 Å². The van der Waals surface area contributed by atoms with Gasteiger partial charge in [0.1, 0.15) is 15.6 Å². The van der Waals surface area contributed by atoms with E-state index in [4.69, 9.17) is 4.74 Å². The Morgan fingerprint density at radius 1 is 1.30 bits per heavy atom. The Morgan fingerprint density at radius 3 is 2.70 bits per heavy atom. The second-order valence-corrected chi connectivity index (χ2v) is 6.64. The molecule has 23 heavy (non-hydrogen) atoms. The molecule has 2 rings (SSSR count). The lowest BCUT2D eigenvalue weighted by Crippen LogP contribution is -2.16. The summed E-state index contributed by atoms with van der Waals surface area (Å²) in [6.07, 6.45) is 6.53. The van der Waals surface area contributed by atoms with Gasteiger partial charge in [0.2, 0.25) is 0 Å². The first-order chi connectivity index (χ1) is 11.1. The van der Waals surface area contributed by atoms with Crippen molar-refractivity contribution in [3.63, 3.8) is 0 Å². The third kappa shape index (κ3) is 5.53. The molecule has 2 aromatic rings. The van der Waals surface area contributed by atoms with Gasteiger partial charge in [0, 0.05) is 7.05 Å². The van der Waals surface area contributed by atoms with Gasteiger partial charge in [0.05, 0.1) is 12.8 Å². The monoisotopic (exact) mass is 330 g/mol. The summed E-state index contributed by atoms with van der Waals surface area (Å²) in [5.41, 5.74) is 1.07. The first-order valence-corrected chi connectivity index (χ1v) is 8.49. The minimum atomic E-state index is -0.106. The maximum atomic E-state index is 11.5. The van der Waals surface area contributed by atoms with Gasteiger partial charge in [-0.2, -0.15) is 0 Å². The van der Waals surface area contributed by atoms with Gasteiger partial charge in [-0.25, -0.2) is 4.98 Å². The van der Waals surface area contributed by atoms with Gasteiger partial charge < -0.3 is 10.1 Å². The second kappa shape index (κ2) is 8.48. The Labute approximate surface area is 141 Å². The van der Waals surface area contributed by atoms with E-state index in [1.54, 1.807) is 13.2 Å². The summed E-state index contributed by atoms with van der Waals surface area (Å²) in [7, 11) is 1.61. The normalized spacial score (nSPS) is 11.1. The van der Waals surface area contributed by atoms with E-state index >= 15 is 0 Å². The molecule has 122 valence electrons. The number of carbonyl (C=O) groups excluding carboxylic acids is 1. The number of hydrogen-bond donors (Lipinski definition) is 1. The average molecular weight is 330 g/mol. The van der Waals surface area contributed by atoms with Crippen LogP contribution in [0.1, 0.15) is 40.5 Å². The van der Waals surface area contributed by atoms with Crippen LogP contribution in [0.5, 0.6) is 5.75 Å². The number of hydrogen-bond acceptors (Lipinski definition) is 4. The molecule has 0 aliphatic rings. The van der Waals surface area contributed by atoms with Crippen LogP contribution in [0.4, 0.5) is 0 Å². The van der Waals surface area contributed by atoms with Crippen molar-refractivity contribution in [2.45, 2.75) is 20.3 Å². The Kier molecular flexibility index (Phi) is 6.35. The quantitative estimate of drug-likeness (QED) is 0.831. The smallest absolute Gasteiger partial charge is 0.262 e. The number of benzene rings is 1. The summed E-state index contributed by atoms with van der Waals surface area (Å²) in [4.78, 5) is 16.3. The number of amides is 1. The lowest BCUT2D eigenvalue weighted by molar-refractivity contribution is 0.0967. The van der Waals surface area contributed by atoms with Gasteiger partial charge in [-0.15, -0.1) is 11.3 Å². The number of rotatable bonds is 7. The molecule has 0 spiro atoms. The van der Waals surface area contributed by atoms with Crippen molar-refractivity contribution >= 4 is 29.4 Å². The van der Waals surface area contributed by atoms with Crippen molar-refractivity contribution in [2.24, 2.45) is 5.92 Å². The van der Waals surface area contributed by atoms with Crippen LogP contribution < -0.4 is 10.1 Å². The number of nitrogens with one attached hydrogen (secondary N) is 1. The lowest BCUT2D eigenvalue weighted by atomic mass is 10.1. The van der Waals surface area contributed by atoms with Gasteiger partial charge in [0.15, 0.2) is 0 Å². The maximum Gasteiger partial charge on any atom is 0.262 e. The van der Waals surface area contributed by atoms with Crippen LogP contribution >= 0.6 is 11.3 Å². The molecule has 5 heteroatoms. The van der Waals surface area contributed by atoms with Gasteiger partial charge >= 0.3 is 0 Å². The first-order valence-electron chi connectivity index (χ1n) is 7.67. The molecule has 4 nitrogen and oxygen atoms in total. The van der Waals surface area contributed by atoms with Gasteiger partial charge in [-0.3, -0.25) is 4.79 Å². The van der Waals surface area contributed by atoms with Gasteiger partial charge in [0.25, 0.3) is 5.91 Å². The van der Waals surface area contributed by atoms with Crippen LogP contribution in [0.25, 0.3) is 12.2 Å². The van der Waals surface area contributed by atoms with Crippen LogP contribution in [0.2, 0.25) is 0 Å². The largest absolute Gasteiger partial charge is 0.494 e. The van der Waals surface area contributed by atoms with Crippen molar-refractivity contribution in [1.29, 1.82) is 0 Å². The molecular formula is C18H22N2O2S. The topological polar surface area (TPSA) is 51.2 Å². The Hall–Kier alpha value is -2.14. The van der Waals surface area contributed by atoms with Crippen molar-refractivity contribution in [3.05, 3.63) is 45.9 Å². The fourth-order valence-electron chi connectivity index (χ4n) is 1.85. The number of thiazole rings is 1. The van der Waals surface area contributed by atoms with Crippen LogP contribution in [0, 0.1) is 5.92 Å². The zero-order valence-corrected chi connectivity index (χ0v) is 14.5. The van der Waals surface area contributed by atoms with Crippen molar-refractivity contribution in [3.8, 4) is 5.75 Å². The standard InChI is InChI=1S/C18H22N2O2S/c1-13(2)10-11-22-15-7-4-14(5-8-15)6-9-17-20-12-16(23-17)18(21)19-3/h4-9,12-13H,10-11H2,1-3H3,(H,19,21)/b9-6+. The zero-order chi connectivity index (χ0) is 16.7. The highest BCUT2D eigenvalue weighted by atomic mass is 32.1. The van der Waals surface area contributed by atoms with Crippen LogP contribution in [0.3, 0.4) is 0 Å². The summed E-state index contributed by atoms with van der Waals surface area (Å²) in [5, 5.41) is 3.40. The van der Waals surface area contributed by atoms with E-state index < -0.39 is 0 Å². The van der Waals surface area contributed by atoms with E-state index in [1.807, 2.05) is 36.4 Å². The molecule has 0 aliphatic carbocycles. The van der Waals surface area contributed by atoms with Crippen LogP contribution in [-0.4, -0.2) is 24.5 Å². The number of nitrogens with zero attached hydrogens (tertiary/aromatic N) is 1. The van der Waals surface area contributed by atoms with E-state index in [9.17, 15) is 4.79 Å². The Morgan fingerprint density at radius 2 is 2.04 bits per heavy atom. The SMILES string of the molecule is CNC(=O)c1cnc(/C=C/c2ccc(OCCC(C)C)cc2)s1. The summed E-state index contributed by atoms with van der Waals surface area (Å²) in [6, 6.07) is 7.96. The molecule has 1 aromatic heterocycles. The summed E-state index contributed by atoms with van der Waals surface area (Å²) in [6.45, 7) is 5.12. The lowest BCUT2D eigenvalue weighted by Gasteiger charge is -2.07. The fourth-order valence-corrected chi connectivity index (χ4v) is 2.61. The van der Waals surface area contributed by atoms with E-state index in [0.29, 0.717) is 10.8 Å². The Bertz CT molecular complexity index is 660. The number of carbonyl (C=O) groups is 1. The highest BCUT2D eigenvalue weighted by molar-refractivity contribution is 7.14. The van der Waals surface area contributed by atoms with E-state index in [2.05, 4.69) is 24.1 Å². The van der Waals surface area contributed by atoms with Crippen molar-refractivity contribution < 1.29 is 9.53 Å². The molecule has 0 bridgehead atoms. The predicted molar refractivity (Wildman–Crippen MR) is 95.8 cm³/mol. The number of aromatic nitrogens is 1. The van der Waals surface area contributed by atoms with Crippen molar-refractivity contribution in [1.82, 2.24) is 10.3 Å². The average Bonchev–Trinajstić information content (AvgIpc) is 3.02. The first kappa shape index (κ1) is 17.2. The minimum absolute atomic E-state index is 0.106. The predicted octanol–water partition coefficient (Wildman–Crippen LogP) is 4.10. The van der Waals surface area contributed by atoms with E-state index in [1.165, 1.54) is 11.3 Å². The highest BCUT2D eigenvalue weighted by Gasteiger charge is 2.06. The molecule has 1 N–H and O–H groups in total. The fraction of sp³-hybridized carbons (Fsp3) is 0.333. The van der Waals surface area contributed by atoms with Crippen molar-refractivity contribution in [2.75, 3.05) is 13.7 Å². The molecule has 0 atom stereocenters. The minimum Gasteiger partial charge on any atom is -0.494 e. The molecular weight excluding hydrogens is 308 g/mol. The van der Waals surface area contributed by atoms with E-state index in [-0.39, 0.29) is 5.91 Å². The molecule has 0 saturated carbocycles. The van der Waals surface area contributed by atoms with Gasteiger partial charge in [-0.1, -0.05) is 32.1 Å². The Balaban J connectivity index is 1.92. The molecule has 0 fully saturated rings. The molecule has 1 amide bonds. The third-order valence-corrected chi connectivity index (χ3v) is 4.20. The molecule has 1 heterocycles. The molecule has 0 radical (unpaired) electrons. The molecule has 0 unspecified atom stereocenters. The zero-order valence-electron chi connectivity index (χ0n) is 13.7. The molecule has 1 aromatic carbocycles. The molecule has 0 saturated heterocycles. The molecule has 0 aliphatic heterocycles. The highest BCUT2D eigenvalue weighted by Crippen LogP contribution is 2.18. The van der Waals surface area contributed by atoms with E-state index in [0.717, 1.165) is 29.3 Å². The summed E-state index contributed by atoms with van der Waals surface area (Å²) >= 11 is 1.37. The van der Waals surface area contributed by atoms with Crippen LogP contribution in [0.15, 0.2) is 30.5 Å². The maximum absolute atomic E-state index is 11.5. The third-order valence-electron chi connectivity index (χ3n) is 3.24. The van der Waals surface area contributed by atoms with Crippen LogP contribution in [-0.2, 0) is 0 Å². The summed E-state index contributed by atoms with van der Waals surface area (Å²) < 4.78 is 5.70. The number of ether oxygens (including phenoxy) is 1.